The van der Waals surface area contributed by atoms with Crippen LogP contribution in [0.4, 0.5) is 0 Å². The maximum atomic E-state index is 6.22. The lowest BCUT2D eigenvalue weighted by atomic mass is 10.1. The van der Waals surface area contributed by atoms with Crippen molar-refractivity contribution in [1.82, 2.24) is 0 Å². The molecule has 0 aliphatic heterocycles. The summed E-state index contributed by atoms with van der Waals surface area (Å²) in [5.74, 6) is 2.20. The third-order valence-corrected chi connectivity index (χ3v) is 3.54. The van der Waals surface area contributed by atoms with E-state index in [0.717, 1.165) is 23.5 Å². The lowest BCUT2D eigenvalue weighted by Crippen LogP contribution is -2.31. The molecule has 1 heterocycles. The number of ether oxygens (including phenoxy) is 1. The first kappa shape index (κ1) is 14.9. The van der Waals surface area contributed by atoms with Gasteiger partial charge in [-0.25, -0.2) is 0 Å². The summed E-state index contributed by atoms with van der Waals surface area (Å²) in [6.45, 7) is 5.91. The van der Waals surface area contributed by atoms with E-state index in [9.17, 15) is 0 Å². The first-order chi connectivity index (χ1) is 9.51. The Morgan fingerprint density at radius 3 is 2.55 bits per heavy atom. The molecule has 0 radical (unpaired) electrons. The fourth-order valence-electron chi connectivity index (χ4n) is 2.02. The van der Waals surface area contributed by atoms with Crippen LogP contribution in [-0.4, -0.2) is 6.04 Å². The lowest BCUT2D eigenvalue weighted by Gasteiger charge is -2.23. The van der Waals surface area contributed by atoms with Crippen molar-refractivity contribution in [1.29, 1.82) is 0 Å². The predicted molar refractivity (Wildman–Crippen MR) is 81.3 cm³/mol. The Morgan fingerprint density at radius 2 is 2.00 bits per heavy atom. The fourth-order valence-corrected chi connectivity index (χ4v) is 2.29. The lowest BCUT2D eigenvalue weighted by molar-refractivity contribution is 0.143. The molecule has 20 heavy (non-hydrogen) atoms. The van der Waals surface area contributed by atoms with E-state index >= 15 is 0 Å². The van der Waals surface area contributed by atoms with E-state index < -0.39 is 0 Å². The summed E-state index contributed by atoms with van der Waals surface area (Å²) in [6, 6.07) is 9.35. The summed E-state index contributed by atoms with van der Waals surface area (Å²) >= 11 is 6.22. The van der Waals surface area contributed by atoms with Crippen LogP contribution in [0.2, 0.25) is 5.02 Å². The third kappa shape index (κ3) is 3.35. The highest BCUT2D eigenvalue weighted by Gasteiger charge is 2.24. The molecule has 108 valence electrons. The summed E-state index contributed by atoms with van der Waals surface area (Å²) in [6.07, 6.45) is 0.447. The van der Waals surface area contributed by atoms with Gasteiger partial charge in [0.25, 0.3) is 0 Å². The first-order valence-corrected chi connectivity index (χ1v) is 7.13. The Bertz CT molecular complexity index is 580. The van der Waals surface area contributed by atoms with Crippen molar-refractivity contribution in [2.24, 2.45) is 5.73 Å². The number of nitrogens with two attached hydrogens (primary N) is 1. The molecule has 2 N–H and O–H groups in total. The number of benzene rings is 1. The van der Waals surface area contributed by atoms with Crippen molar-refractivity contribution >= 4 is 11.6 Å². The molecule has 0 bridgehead atoms. The molecule has 0 amide bonds. The van der Waals surface area contributed by atoms with Gasteiger partial charge in [0.1, 0.15) is 17.3 Å². The summed E-state index contributed by atoms with van der Waals surface area (Å²) in [4.78, 5) is 0. The molecule has 4 heteroatoms. The summed E-state index contributed by atoms with van der Waals surface area (Å²) < 4.78 is 11.7. The van der Waals surface area contributed by atoms with Gasteiger partial charge in [-0.3, -0.25) is 0 Å². The van der Waals surface area contributed by atoms with E-state index in [4.69, 9.17) is 26.5 Å². The molecule has 0 spiro atoms. The largest absolute Gasteiger partial charge is 0.479 e. The molecule has 0 saturated carbocycles. The van der Waals surface area contributed by atoms with Gasteiger partial charge in [-0.15, -0.1) is 0 Å². The Balaban J connectivity index is 2.28. The minimum Gasteiger partial charge on any atom is -0.479 e. The molecule has 1 aromatic carbocycles. The number of hydrogen-bond donors (Lipinski definition) is 1. The van der Waals surface area contributed by atoms with Crippen LogP contribution in [0.15, 0.2) is 34.7 Å². The van der Waals surface area contributed by atoms with E-state index in [0.29, 0.717) is 10.8 Å². The zero-order chi connectivity index (χ0) is 14.7. The van der Waals surface area contributed by atoms with Crippen molar-refractivity contribution in [3.8, 4) is 5.75 Å². The standard InChI is InChI=1S/C16H20ClNO2/c1-4-13(18)16(15-8-6-11(3)19-15)20-14-7-5-10(2)9-12(14)17/h5-9,13,16H,4,18H2,1-3H3. The molecule has 2 unspecified atom stereocenters. The number of halogens is 1. The molecule has 0 saturated heterocycles. The molecular formula is C16H20ClNO2. The van der Waals surface area contributed by atoms with Crippen molar-refractivity contribution in [2.45, 2.75) is 39.3 Å². The Morgan fingerprint density at radius 1 is 1.25 bits per heavy atom. The maximum absolute atomic E-state index is 6.22. The van der Waals surface area contributed by atoms with E-state index in [1.54, 1.807) is 0 Å². The van der Waals surface area contributed by atoms with Gasteiger partial charge in [0.05, 0.1) is 5.02 Å². The van der Waals surface area contributed by atoms with Crippen LogP contribution in [0.3, 0.4) is 0 Å². The smallest absolute Gasteiger partial charge is 0.171 e. The third-order valence-electron chi connectivity index (χ3n) is 3.24. The van der Waals surface area contributed by atoms with Crippen LogP contribution in [0.25, 0.3) is 0 Å². The molecule has 2 rings (SSSR count). The molecule has 3 nitrogen and oxygen atoms in total. The minimum absolute atomic E-state index is 0.155. The van der Waals surface area contributed by atoms with Crippen molar-refractivity contribution in [3.05, 3.63) is 52.4 Å². The average Bonchev–Trinajstić information content (AvgIpc) is 2.83. The minimum atomic E-state index is -0.339. The van der Waals surface area contributed by atoms with Crippen LogP contribution in [-0.2, 0) is 0 Å². The fraction of sp³-hybridized carbons (Fsp3) is 0.375. The first-order valence-electron chi connectivity index (χ1n) is 6.76. The van der Waals surface area contributed by atoms with Gasteiger partial charge in [-0.1, -0.05) is 24.6 Å². The molecule has 0 aliphatic carbocycles. The van der Waals surface area contributed by atoms with E-state index in [2.05, 4.69) is 0 Å². The van der Waals surface area contributed by atoms with Crippen LogP contribution >= 0.6 is 11.6 Å². The second kappa shape index (κ2) is 6.33. The monoisotopic (exact) mass is 293 g/mol. The van der Waals surface area contributed by atoms with Crippen LogP contribution in [0.5, 0.6) is 5.75 Å². The van der Waals surface area contributed by atoms with E-state index in [1.165, 1.54) is 0 Å². The van der Waals surface area contributed by atoms with Crippen LogP contribution in [0, 0.1) is 13.8 Å². The number of aryl methyl sites for hydroxylation is 2. The zero-order valence-electron chi connectivity index (χ0n) is 12.0. The number of rotatable bonds is 5. The molecule has 0 aliphatic rings. The molecule has 1 aromatic heterocycles. The summed E-state index contributed by atoms with van der Waals surface area (Å²) in [5.41, 5.74) is 7.25. The van der Waals surface area contributed by atoms with Crippen LogP contribution < -0.4 is 10.5 Å². The maximum Gasteiger partial charge on any atom is 0.171 e. The summed E-state index contributed by atoms with van der Waals surface area (Å²) in [5, 5.41) is 0.585. The molecule has 2 aromatic rings. The van der Waals surface area contributed by atoms with Gasteiger partial charge >= 0.3 is 0 Å². The second-order valence-electron chi connectivity index (χ2n) is 4.99. The Labute approximate surface area is 124 Å². The van der Waals surface area contributed by atoms with Crippen molar-refractivity contribution in [3.63, 3.8) is 0 Å². The topological polar surface area (TPSA) is 48.4 Å². The molecular weight excluding hydrogens is 274 g/mol. The van der Waals surface area contributed by atoms with Crippen molar-refractivity contribution < 1.29 is 9.15 Å². The van der Waals surface area contributed by atoms with Gasteiger partial charge in [-0.05, 0) is 50.1 Å². The van der Waals surface area contributed by atoms with Gasteiger partial charge in [-0.2, -0.15) is 0 Å². The highest BCUT2D eigenvalue weighted by Crippen LogP contribution is 2.32. The van der Waals surface area contributed by atoms with Gasteiger partial charge in [0.2, 0.25) is 0 Å². The van der Waals surface area contributed by atoms with Gasteiger partial charge in [0.15, 0.2) is 6.10 Å². The van der Waals surface area contributed by atoms with E-state index in [-0.39, 0.29) is 12.1 Å². The highest BCUT2D eigenvalue weighted by molar-refractivity contribution is 6.32. The normalized spacial score (nSPS) is 14.1. The number of furan rings is 1. The van der Waals surface area contributed by atoms with E-state index in [1.807, 2.05) is 51.1 Å². The molecule has 0 fully saturated rings. The molecule has 2 atom stereocenters. The predicted octanol–water partition coefficient (Wildman–Crippen LogP) is 4.41. The quantitative estimate of drug-likeness (QED) is 0.888. The van der Waals surface area contributed by atoms with Crippen LogP contribution in [0.1, 0.15) is 36.5 Å². The van der Waals surface area contributed by atoms with Gasteiger partial charge in [0, 0.05) is 6.04 Å². The summed E-state index contributed by atoms with van der Waals surface area (Å²) in [7, 11) is 0. The Hall–Kier alpha value is -1.45. The average molecular weight is 294 g/mol. The second-order valence-corrected chi connectivity index (χ2v) is 5.40. The zero-order valence-corrected chi connectivity index (χ0v) is 12.8. The SMILES string of the molecule is CCC(N)C(Oc1ccc(C)cc1Cl)c1ccc(C)o1. The van der Waals surface area contributed by atoms with Crippen molar-refractivity contribution in [2.75, 3.05) is 0 Å². The number of hydrogen-bond acceptors (Lipinski definition) is 3. The van der Waals surface area contributed by atoms with Gasteiger partial charge < -0.3 is 14.9 Å². The Kier molecular flexibility index (Phi) is 4.73. The highest BCUT2D eigenvalue weighted by atomic mass is 35.5.